The standard InChI is InChI=1S/C20H26N4O3/c1-27-14-12-22-19(25)17-16-9-5-6-13-24(16)18(23-17)20(26)21-11-10-15-7-3-2-4-8-15/h2-4,7-8H,5-6,9-14H2,1H3,(H,21,26)(H,22,25). The van der Waals surface area contributed by atoms with Crippen molar-refractivity contribution in [1.29, 1.82) is 0 Å². The number of benzene rings is 1. The number of carbonyl (C=O) groups is 2. The minimum Gasteiger partial charge on any atom is -0.383 e. The van der Waals surface area contributed by atoms with Crippen LogP contribution in [0, 0.1) is 0 Å². The average molecular weight is 370 g/mol. The summed E-state index contributed by atoms with van der Waals surface area (Å²) in [5.74, 6) is -0.152. The van der Waals surface area contributed by atoms with Crippen molar-refractivity contribution in [3.05, 3.63) is 53.1 Å². The largest absolute Gasteiger partial charge is 0.383 e. The Hall–Kier alpha value is -2.67. The first-order valence-corrected chi connectivity index (χ1v) is 9.39. The maximum Gasteiger partial charge on any atom is 0.287 e. The quantitative estimate of drug-likeness (QED) is 0.691. The number of aromatic nitrogens is 2. The van der Waals surface area contributed by atoms with Gasteiger partial charge in [-0.05, 0) is 31.2 Å². The summed E-state index contributed by atoms with van der Waals surface area (Å²) in [5.41, 5.74) is 2.38. The molecule has 2 N–H and O–H groups in total. The smallest absolute Gasteiger partial charge is 0.287 e. The zero-order chi connectivity index (χ0) is 19.1. The van der Waals surface area contributed by atoms with Crippen molar-refractivity contribution in [2.24, 2.45) is 0 Å². The van der Waals surface area contributed by atoms with Gasteiger partial charge in [0.25, 0.3) is 11.8 Å². The second-order valence-corrected chi connectivity index (χ2v) is 6.58. The number of hydrogen-bond donors (Lipinski definition) is 2. The first kappa shape index (κ1) is 19.1. The zero-order valence-electron chi connectivity index (χ0n) is 15.7. The molecule has 1 aromatic heterocycles. The molecule has 0 atom stereocenters. The van der Waals surface area contributed by atoms with Gasteiger partial charge in [-0.1, -0.05) is 30.3 Å². The lowest BCUT2D eigenvalue weighted by atomic mass is 10.1. The second-order valence-electron chi connectivity index (χ2n) is 6.58. The molecule has 0 fully saturated rings. The molecule has 0 saturated carbocycles. The van der Waals surface area contributed by atoms with Gasteiger partial charge in [0.1, 0.15) is 5.69 Å². The molecule has 144 valence electrons. The molecule has 3 rings (SSSR count). The third-order valence-electron chi connectivity index (χ3n) is 4.67. The number of nitrogens with one attached hydrogen (secondary N) is 2. The van der Waals surface area contributed by atoms with Crippen LogP contribution in [0.25, 0.3) is 0 Å². The number of nitrogens with zero attached hydrogens (tertiary/aromatic N) is 2. The summed E-state index contributed by atoms with van der Waals surface area (Å²) < 4.78 is 6.86. The van der Waals surface area contributed by atoms with Gasteiger partial charge in [0.05, 0.1) is 12.3 Å². The average Bonchev–Trinajstić information content (AvgIpc) is 3.09. The number of ether oxygens (including phenoxy) is 1. The summed E-state index contributed by atoms with van der Waals surface area (Å²) >= 11 is 0. The molecular weight excluding hydrogens is 344 g/mol. The SMILES string of the molecule is COCCNC(=O)c1nc(C(=O)NCCc2ccccc2)n2c1CCCC2. The number of fused-ring (bicyclic) bond motifs is 1. The first-order chi connectivity index (χ1) is 13.2. The van der Waals surface area contributed by atoms with E-state index in [4.69, 9.17) is 4.74 Å². The maximum atomic E-state index is 12.7. The molecule has 0 aliphatic carbocycles. The summed E-state index contributed by atoms with van der Waals surface area (Å²) in [6.45, 7) is 2.10. The Labute approximate surface area is 159 Å². The van der Waals surface area contributed by atoms with E-state index in [0.29, 0.717) is 31.2 Å². The zero-order valence-corrected chi connectivity index (χ0v) is 15.7. The Balaban J connectivity index is 1.68. The molecule has 1 aliphatic rings. The highest BCUT2D eigenvalue weighted by molar-refractivity contribution is 5.97. The lowest BCUT2D eigenvalue weighted by Crippen LogP contribution is -2.29. The molecule has 1 aliphatic heterocycles. The van der Waals surface area contributed by atoms with Crippen LogP contribution in [0.1, 0.15) is 45.2 Å². The van der Waals surface area contributed by atoms with Gasteiger partial charge in [-0.3, -0.25) is 9.59 Å². The van der Waals surface area contributed by atoms with E-state index in [-0.39, 0.29) is 11.8 Å². The fraction of sp³-hybridized carbons (Fsp3) is 0.450. The van der Waals surface area contributed by atoms with E-state index in [9.17, 15) is 9.59 Å². The molecule has 0 unspecified atom stereocenters. The maximum absolute atomic E-state index is 12.7. The van der Waals surface area contributed by atoms with Gasteiger partial charge in [0, 0.05) is 26.7 Å². The highest BCUT2D eigenvalue weighted by Crippen LogP contribution is 2.21. The fourth-order valence-electron chi connectivity index (χ4n) is 3.29. The molecule has 27 heavy (non-hydrogen) atoms. The van der Waals surface area contributed by atoms with E-state index in [1.165, 1.54) is 5.56 Å². The number of rotatable bonds is 8. The summed E-state index contributed by atoms with van der Waals surface area (Å²) in [4.78, 5) is 29.5. The van der Waals surface area contributed by atoms with Crippen molar-refractivity contribution in [2.75, 3.05) is 26.8 Å². The lowest BCUT2D eigenvalue weighted by Gasteiger charge is -2.17. The molecule has 0 saturated heterocycles. The third-order valence-corrected chi connectivity index (χ3v) is 4.67. The van der Waals surface area contributed by atoms with Gasteiger partial charge >= 0.3 is 0 Å². The molecule has 7 nitrogen and oxygen atoms in total. The van der Waals surface area contributed by atoms with Gasteiger partial charge in [-0.15, -0.1) is 0 Å². The summed E-state index contributed by atoms with van der Waals surface area (Å²) in [7, 11) is 1.59. The van der Waals surface area contributed by atoms with Crippen LogP contribution in [0.3, 0.4) is 0 Å². The van der Waals surface area contributed by atoms with Crippen molar-refractivity contribution >= 4 is 11.8 Å². The summed E-state index contributed by atoms with van der Waals surface area (Å²) in [6.07, 6.45) is 3.50. The van der Waals surface area contributed by atoms with Gasteiger partial charge in [0.15, 0.2) is 5.82 Å². The number of hydrogen-bond acceptors (Lipinski definition) is 4. The van der Waals surface area contributed by atoms with Crippen LogP contribution in [-0.4, -0.2) is 48.2 Å². The number of imidazole rings is 1. The van der Waals surface area contributed by atoms with Crippen LogP contribution < -0.4 is 10.6 Å². The van der Waals surface area contributed by atoms with E-state index >= 15 is 0 Å². The van der Waals surface area contributed by atoms with Gasteiger partial charge in [-0.25, -0.2) is 4.98 Å². The number of methoxy groups -OCH3 is 1. The van der Waals surface area contributed by atoms with Crippen molar-refractivity contribution in [3.63, 3.8) is 0 Å². The Kier molecular flexibility index (Phi) is 6.59. The van der Waals surface area contributed by atoms with E-state index in [1.807, 2.05) is 34.9 Å². The van der Waals surface area contributed by atoms with Crippen molar-refractivity contribution in [3.8, 4) is 0 Å². The minimum atomic E-state index is -0.249. The molecule has 7 heteroatoms. The molecule has 2 amide bonds. The van der Waals surface area contributed by atoms with Crippen LogP contribution in [-0.2, 0) is 24.1 Å². The van der Waals surface area contributed by atoms with Crippen LogP contribution in [0.5, 0.6) is 0 Å². The topological polar surface area (TPSA) is 85.2 Å². The molecule has 2 heterocycles. The van der Waals surface area contributed by atoms with Gasteiger partial charge in [0.2, 0.25) is 0 Å². The molecule has 1 aromatic carbocycles. The Bertz CT molecular complexity index is 786. The van der Waals surface area contributed by atoms with Crippen LogP contribution in [0.4, 0.5) is 0 Å². The predicted octanol–water partition coefficient (Wildman–Crippen LogP) is 1.57. The minimum absolute atomic E-state index is 0.231. The van der Waals surface area contributed by atoms with Crippen molar-refractivity contribution in [1.82, 2.24) is 20.2 Å². The summed E-state index contributed by atoms with van der Waals surface area (Å²) in [6, 6.07) is 10.0. The molecule has 0 radical (unpaired) electrons. The predicted molar refractivity (Wildman–Crippen MR) is 102 cm³/mol. The second kappa shape index (κ2) is 9.32. The lowest BCUT2D eigenvalue weighted by molar-refractivity contribution is 0.0931. The first-order valence-electron chi connectivity index (χ1n) is 9.39. The van der Waals surface area contributed by atoms with Crippen LogP contribution in [0.2, 0.25) is 0 Å². The molecular formula is C20H26N4O3. The van der Waals surface area contributed by atoms with E-state index in [1.54, 1.807) is 7.11 Å². The highest BCUT2D eigenvalue weighted by Gasteiger charge is 2.27. The summed E-state index contributed by atoms with van der Waals surface area (Å²) in [5, 5.41) is 5.72. The number of amides is 2. The van der Waals surface area contributed by atoms with E-state index in [2.05, 4.69) is 15.6 Å². The van der Waals surface area contributed by atoms with Crippen LogP contribution >= 0.6 is 0 Å². The molecule has 2 aromatic rings. The van der Waals surface area contributed by atoms with Gasteiger partial charge < -0.3 is 19.9 Å². The van der Waals surface area contributed by atoms with Crippen molar-refractivity contribution in [2.45, 2.75) is 32.2 Å². The third kappa shape index (κ3) is 4.74. The fourth-order valence-corrected chi connectivity index (χ4v) is 3.29. The number of carbonyl (C=O) groups excluding carboxylic acids is 2. The Morgan fingerprint density at radius 3 is 2.67 bits per heavy atom. The molecule has 0 spiro atoms. The van der Waals surface area contributed by atoms with Gasteiger partial charge in [-0.2, -0.15) is 0 Å². The highest BCUT2D eigenvalue weighted by atomic mass is 16.5. The monoisotopic (exact) mass is 370 g/mol. The Morgan fingerprint density at radius 2 is 1.89 bits per heavy atom. The van der Waals surface area contributed by atoms with E-state index in [0.717, 1.165) is 37.9 Å². The van der Waals surface area contributed by atoms with E-state index < -0.39 is 0 Å². The van der Waals surface area contributed by atoms with Crippen molar-refractivity contribution < 1.29 is 14.3 Å². The molecule has 0 bridgehead atoms. The normalized spacial score (nSPS) is 13.1. The van der Waals surface area contributed by atoms with Crippen LogP contribution in [0.15, 0.2) is 30.3 Å². The Morgan fingerprint density at radius 1 is 1.11 bits per heavy atom.